The van der Waals surface area contributed by atoms with Gasteiger partial charge in [0.2, 0.25) is 0 Å². The molecule has 8 nitrogen and oxygen atoms in total. The number of alkyl halides is 3. The molecule has 1 amide bonds. The molecule has 0 aliphatic carbocycles. The Morgan fingerprint density at radius 2 is 1.86 bits per heavy atom. The van der Waals surface area contributed by atoms with E-state index in [1.165, 1.54) is 16.7 Å². The van der Waals surface area contributed by atoms with Gasteiger partial charge in [-0.05, 0) is 17.7 Å². The van der Waals surface area contributed by atoms with E-state index in [1.54, 1.807) is 0 Å². The number of fused-ring (bicyclic) bond motifs is 3. The molecule has 0 fully saturated rings. The molecule has 11 heteroatoms. The second kappa shape index (κ2) is 9.24. The topological polar surface area (TPSA) is 104 Å². The second-order valence-electron chi connectivity index (χ2n) is 7.94. The van der Waals surface area contributed by atoms with Gasteiger partial charge in [0, 0.05) is 19.0 Å². The van der Waals surface area contributed by atoms with Crippen molar-refractivity contribution >= 4 is 35.4 Å². The minimum Gasteiger partial charge on any atom is -0.488 e. The van der Waals surface area contributed by atoms with Gasteiger partial charge in [-0.25, -0.2) is 0 Å². The lowest BCUT2D eigenvalue weighted by molar-refractivity contribution is -0.175. The minimum atomic E-state index is -5.16. The summed E-state index contributed by atoms with van der Waals surface area (Å²) in [6, 6.07) is 10.7. The summed E-state index contributed by atoms with van der Waals surface area (Å²) in [6.45, 7) is 0.946. The van der Waals surface area contributed by atoms with Crippen molar-refractivity contribution in [1.29, 1.82) is 0 Å². The number of benzene rings is 2. The van der Waals surface area contributed by atoms with Crippen LogP contribution in [-0.4, -0.2) is 41.2 Å². The van der Waals surface area contributed by atoms with Crippen LogP contribution in [0.1, 0.15) is 45.0 Å². The molecule has 4 rings (SSSR count). The number of carbonyl (C=O) groups is 4. The predicted octanol–water partition coefficient (Wildman–Crippen LogP) is 3.51. The number of esters is 1. The maximum absolute atomic E-state index is 12.9. The number of ether oxygens (including phenoxy) is 2. The van der Waals surface area contributed by atoms with E-state index in [-0.39, 0.29) is 35.7 Å². The number of aromatic nitrogens is 1. The number of hydrogen-bond donors (Lipinski definition) is 1. The molecule has 2 aromatic carbocycles. The lowest BCUT2D eigenvalue weighted by Gasteiger charge is -2.21. The molecule has 1 aliphatic rings. The van der Waals surface area contributed by atoms with Crippen LogP contribution >= 0.6 is 0 Å². The zero-order chi connectivity index (χ0) is 25.3. The molecule has 0 saturated heterocycles. The van der Waals surface area contributed by atoms with Gasteiger partial charge in [0.1, 0.15) is 18.6 Å². The predicted molar refractivity (Wildman–Crippen MR) is 116 cm³/mol. The SMILES string of the molecule is CC(=O)O[C@@H]1c2c(C=O)c3c(OCc4ccccc4)cc(C=O)cc3n2C[C@@H]1NC(=O)C(F)(F)F. The van der Waals surface area contributed by atoms with Crippen LogP contribution in [0.25, 0.3) is 10.9 Å². The quantitative estimate of drug-likeness (QED) is 0.403. The van der Waals surface area contributed by atoms with E-state index in [1.807, 2.05) is 35.6 Å². The molecule has 0 spiro atoms. The van der Waals surface area contributed by atoms with Crippen LogP contribution < -0.4 is 10.1 Å². The first kappa shape index (κ1) is 24.0. The lowest BCUT2D eigenvalue weighted by Crippen LogP contribution is -2.46. The first-order chi connectivity index (χ1) is 16.6. The number of aldehydes is 2. The monoisotopic (exact) mass is 488 g/mol. The van der Waals surface area contributed by atoms with Gasteiger partial charge in [-0.2, -0.15) is 13.2 Å². The normalized spacial score (nSPS) is 17.0. The molecule has 35 heavy (non-hydrogen) atoms. The molecule has 3 aromatic rings. The fourth-order valence-electron chi connectivity index (χ4n) is 4.22. The number of halogens is 3. The van der Waals surface area contributed by atoms with E-state index in [0.717, 1.165) is 12.5 Å². The largest absolute Gasteiger partial charge is 0.488 e. The second-order valence-corrected chi connectivity index (χ2v) is 7.94. The Hall–Kier alpha value is -4.15. The zero-order valence-corrected chi connectivity index (χ0v) is 18.3. The van der Waals surface area contributed by atoms with Crippen LogP contribution in [0.3, 0.4) is 0 Å². The van der Waals surface area contributed by atoms with E-state index < -0.39 is 30.2 Å². The summed E-state index contributed by atoms with van der Waals surface area (Å²) in [7, 11) is 0. The van der Waals surface area contributed by atoms with E-state index in [2.05, 4.69) is 0 Å². The number of amides is 1. The standard InChI is InChI=1S/C24H19F3N2O6/c1-13(32)35-22-17(28-23(33)24(25,26)27)9-29-18-7-15(10-30)8-19(20(18)16(11-31)21(22)29)34-12-14-5-3-2-4-6-14/h2-8,10-11,17,22H,9,12H2,1H3,(H,28,33)/t17-,22-/m0/s1. The van der Waals surface area contributed by atoms with Gasteiger partial charge >= 0.3 is 18.1 Å². The van der Waals surface area contributed by atoms with Gasteiger partial charge in [-0.3, -0.25) is 19.2 Å². The van der Waals surface area contributed by atoms with Crippen molar-refractivity contribution < 1.29 is 41.8 Å². The number of hydrogen-bond acceptors (Lipinski definition) is 6. The van der Waals surface area contributed by atoms with Crippen LogP contribution in [-0.2, 0) is 27.5 Å². The average molecular weight is 488 g/mol. The van der Waals surface area contributed by atoms with Crippen molar-refractivity contribution in [2.45, 2.75) is 38.4 Å². The Balaban J connectivity index is 1.83. The molecule has 0 bridgehead atoms. The van der Waals surface area contributed by atoms with Crippen molar-refractivity contribution in [1.82, 2.24) is 9.88 Å². The number of nitrogens with zero attached hydrogens (tertiary/aromatic N) is 1. The van der Waals surface area contributed by atoms with Gasteiger partial charge in [0.25, 0.3) is 0 Å². The lowest BCUT2D eigenvalue weighted by atomic mass is 10.0. The van der Waals surface area contributed by atoms with Gasteiger partial charge in [-0.15, -0.1) is 0 Å². The maximum Gasteiger partial charge on any atom is 0.471 e. The summed E-state index contributed by atoms with van der Waals surface area (Å²) in [6.07, 6.45) is -5.48. The van der Waals surface area contributed by atoms with Crippen molar-refractivity contribution in [3.8, 4) is 5.75 Å². The van der Waals surface area contributed by atoms with E-state index in [4.69, 9.17) is 9.47 Å². The average Bonchev–Trinajstić information content (AvgIpc) is 3.31. The highest BCUT2D eigenvalue weighted by atomic mass is 19.4. The van der Waals surface area contributed by atoms with Crippen molar-refractivity contribution in [2.75, 3.05) is 0 Å². The van der Waals surface area contributed by atoms with Crippen LogP contribution in [0.2, 0.25) is 0 Å². The fourth-order valence-corrected chi connectivity index (χ4v) is 4.22. The van der Waals surface area contributed by atoms with Gasteiger partial charge in [0.15, 0.2) is 12.4 Å². The summed E-state index contributed by atoms with van der Waals surface area (Å²) in [4.78, 5) is 47.1. The molecular weight excluding hydrogens is 469 g/mol. The third kappa shape index (κ3) is 4.61. The third-order valence-electron chi connectivity index (χ3n) is 5.60. The van der Waals surface area contributed by atoms with Crippen LogP contribution in [0.15, 0.2) is 42.5 Å². The highest BCUT2D eigenvalue weighted by molar-refractivity contribution is 6.05. The highest BCUT2D eigenvalue weighted by Crippen LogP contribution is 2.43. The molecule has 1 aliphatic heterocycles. The summed E-state index contributed by atoms with van der Waals surface area (Å²) in [5.41, 5.74) is 1.46. The van der Waals surface area contributed by atoms with Crippen molar-refractivity contribution in [3.63, 3.8) is 0 Å². The fraction of sp³-hybridized carbons (Fsp3) is 0.250. The van der Waals surface area contributed by atoms with Crippen molar-refractivity contribution in [2.24, 2.45) is 0 Å². The van der Waals surface area contributed by atoms with E-state index >= 15 is 0 Å². The Morgan fingerprint density at radius 3 is 2.46 bits per heavy atom. The van der Waals surface area contributed by atoms with Crippen LogP contribution in [0.4, 0.5) is 13.2 Å². The van der Waals surface area contributed by atoms with Crippen LogP contribution in [0, 0.1) is 0 Å². The van der Waals surface area contributed by atoms with E-state index in [9.17, 15) is 32.3 Å². The summed E-state index contributed by atoms with van der Waals surface area (Å²) >= 11 is 0. The number of nitrogens with one attached hydrogen (secondary N) is 1. The molecule has 1 aromatic heterocycles. The first-order valence-electron chi connectivity index (χ1n) is 10.5. The molecule has 2 heterocycles. The van der Waals surface area contributed by atoms with Gasteiger partial charge in [0.05, 0.1) is 28.2 Å². The molecule has 2 atom stereocenters. The Morgan fingerprint density at radius 1 is 1.14 bits per heavy atom. The number of rotatable bonds is 7. The zero-order valence-electron chi connectivity index (χ0n) is 18.3. The molecule has 182 valence electrons. The smallest absolute Gasteiger partial charge is 0.471 e. The summed E-state index contributed by atoms with van der Waals surface area (Å²) < 4.78 is 51.3. The first-order valence-corrected chi connectivity index (χ1v) is 10.5. The summed E-state index contributed by atoms with van der Waals surface area (Å²) in [5.74, 6) is -2.82. The molecule has 1 N–H and O–H groups in total. The van der Waals surface area contributed by atoms with Gasteiger partial charge in [-0.1, -0.05) is 30.3 Å². The van der Waals surface area contributed by atoms with Crippen molar-refractivity contribution in [3.05, 3.63) is 64.8 Å². The maximum atomic E-state index is 12.9. The molecule has 0 saturated carbocycles. The summed E-state index contributed by atoms with van der Waals surface area (Å²) in [5, 5.41) is 2.15. The number of carbonyl (C=O) groups excluding carboxylic acids is 4. The van der Waals surface area contributed by atoms with Crippen LogP contribution in [0.5, 0.6) is 5.75 Å². The molecule has 0 radical (unpaired) electrons. The third-order valence-corrected chi connectivity index (χ3v) is 5.60. The molecular formula is C24H19F3N2O6. The molecule has 0 unspecified atom stereocenters. The van der Waals surface area contributed by atoms with Gasteiger partial charge < -0.3 is 19.4 Å². The Kier molecular flexibility index (Phi) is 6.33. The Labute approximate surface area is 196 Å². The minimum absolute atomic E-state index is 0.0236. The van der Waals surface area contributed by atoms with E-state index in [0.29, 0.717) is 23.5 Å². The highest BCUT2D eigenvalue weighted by Gasteiger charge is 2.46. The Bertz CT molecular complexity index is 1320.